The summed E-state index contributed by atoms with van der Waals surface area (Å²) in [5.74, 6) is 0.729. The Morgan fingerprint density at radius 3 is 2.75 bits per heavy atom. The molecule has 0 aliphatic heterocycles. The summed E-state index contributed by atoms with van der Waals surface area (Å²) >= 11 is 1.70. The molecule has 0 fully saturated rings. The first-order valence-electron chi connectivity index (χ1n) is 9.04. The average Bonchev–Trinajstić information content (AvgIpc) is 3.24. The largest absolute Gasteiger partial charge is 0.497 e. The highest BCUT2D eigenvalue weighted by atomic mass is 32.1. The quantitative estimate of drug-likeness (QED) is 0.530. The van der Waals surface area contributed by atoms with Crippen LogP contribution in [-0.4, -0.2) is 22.6 Å². The van der Waals surface area contributed by atoms with Gasteiger partial charge in [-0.2, -0.15) is 0 Å². The van der Waals surface area contributed by atoms with Gasteiger partial charge in [0.1, 0.15) is 11.4 Å². The van der Waals surface area contributed by atoms with Gasteiger partial charge in [-0.25, -0.2) is 0 Å². The van der Waals surface area contributed by atoms with Crippen LogP contribution in [-0.2, 0) is 13.1 Å². The SMILES string of the molecule is COc1cccc(Cn2c(C(=O)NCc3ccncc3)cc3sc(C)cc32)c1. The maximum absolute atomic E-state index is 12.9. The molecular formula is C22H21N3O2S. The van der Waals surface area contributed by atoms with Crippen LogP contribution in [0.3, 0.4) is 0 Å². The van der Waals surface area contributed by atoms with E-state index in [9.17, 15) is 4.79 Å². The number of aromatic nitrogens is 2. The molecule has 1 amide bonds. The van der Waals surface area contributed by atoms with Crippen LogP contribution in [0.5, 0.6) is 5.75 Å². The lowest BCUT2D eigenvalue weighted by Crippen LogP contribution is -2.25. The van der Waals surface area contributed by atoms with Gasteiger partial charge in [0, 0.05) is 30.4 Å². The lowest BCUT2D eigenvalue weighted by Gasteiger charge is -2.12. The van der Waals surface area contributed by atoms with E-state index in [0.29, 0.717) is 18.8 Å². The number of thiophene rings is 1. The Morgan fingerprint density at radius 2 is 1.96 bits per heavy atom. The van der Waals surface area contributed by atoms with E-state index in [-0.39, 0.29) is 5.91 Å². The Balaban J connectivity index is 1.64. The summed E-state index contributed by atoms with van der Waals surface area (Å²) in [6, 6.07) is 15.9. The molecule has 0 bridgehead atoms. The number of amides is 1. The van der Waals surface area contributed by atoms with Crippen molar-refractivity contribution in [1.29, 1.82) is 0 Å². The predicted molar refractivity (Wildman–Crippen MR) is 112 cm³/mol. The highest BCUT2D eigenvalue weighted by molar-refractivity contribution is 7.19. The van der Waals surface area contributed by atoms with Crippen LogP contribution >= 0.6 is 11.3 Å². The molecule has 1 N–H and O–H groups in total. The molecule has 0 saturated carbocycles. The molecule has 5 nitrogen and oxygen atoms in total. The highest BCUT2D eigenvalue weighted by Crippen LogP contribution is 2.30. The molecular weight excluding hydrogens is 370 g/mol. The Kier molecular flexibility index (Phi) is 5.12. The first-order chi connectivity index (χ1) is 13.6. The molecule has 0 aliphatic rings. The summed E-state index contributed by atoms with van der Waals surface area (Å²) in [6.07, 6.45) is 3.46. The van der Waals surface area contributed by atoms with Crippen LogP contribution in [0.25, 0.3) is 10.2 Å². The molecule has 4 rings (SSSR count). The Labute approximate surface area is 167 Å². The zero-order chi connectivity index (χ0) is 19.5. The number of methoxy groups -OCH3 is 1. The number of nitrogens with zero attached hydrogens (tertiary/aromatic N) is 2. The number of fused-ring (bicyclic) bond motifs is 1. The van der Waals surface area contributed by atoms with Gasteiger partial charge in [0.15, 0.2) is 0 Å². The number of hydrogen-bond acceptors (Lipinski definition) is 4. The van der Waals surface area contributed by atoms with Crippen LogP contribution in [0.2, 0.25) is 0 Å². The van der Waals surface area contributed by atoms with Gasteiger partial charge in [-0.3, -0.25) is 9.78 Å². The van der Waals surface area contributed by atoms with Gasteiger partial charge in [-0.1, -0.05) is 12.1 Å². The normalized spacial score (nSPS) is 10.9. The molecule has 0 radical (unpaired) electrons. The van der Waals surface area contributed by atoms with Crippen molar-refractivity contribution in [3.05, 3.63) is 82.6 Å². The molecule has 0 saturated heterocycles. The van der Waals surface area contributed by atoms with E-state index in [1.54, 1.807) is 30.8 Å². The maximum atomic E-state index is 12.9. The molecule has 142 valence electrons. The average molecular weight is 391 g/mol. The number of rotatable bonds is 6. The van der Waals surface area contributed by atoms with E-state index < -0.39 is 0 Å². The third-order valence-corrected chi connectivity index (χ3v) is 5.61. The molecule has 1 aromatic carbocycles. The van der Waals surface area contributed by atoms with E-state index in [2.05, 4.69) is 27.9 Å². The van der Waals surface area contributed by atoms with Crippen LogP contribution in [0.1, 0.15) is 26.5 Å². The van der Waals surface area contributed by atoms with E-state index in [1.807, 2.05) is 42.5 Å². The summed E-state index contributed by atoms with van der Waals surface area (Å²) < 4.78 is 8.54. The molecule has 0 spiro atoms. The molecule has 4 aromatic rings. The fourth-order valence-corrected chi connectivity index (χ4v) is 4.21. The molecule has 6 heteroatoms. The number of aryl methyl sites for hydroxylation is 1. The standard InChI is InChI=1S/C22H21N3O2S/c1-15-10-19-21(28-15)12-20(22(26)24-13-16-6-8-23-9-7-16)25(19)14-17-4-3-5-18(11-17)27-2/h3-12H,13-14H2,1-2H3,(H,24,26). The van der Waals surface area contributed by atoms with Crippen molar-refractivity contribution in [2.24, 2.45) is 0 Å². The van der Waals surface area contributed by atoms with E-state index >= 15 is 0 Å². The monoisotopic (exact) mass is 391 g/mol. The fraction of sp³-hybridized carbons (Fsp3) is 0.182. The third-order valence-electron chi connectivity index (χ3n) is 4.62. The molecule has 3 aromatic heterocycles. The van der Waals surface area contributed by atoms with Crippen molar-refractivity contribution in [1.82, 2.24) is 14.9 Å². The Bertz CT molecular complexity index is 1120. The number of nitrogens with one attached hydrogen (secondary N) is 1. The molecule has 28 heavy (non-hydrogen) atoms. The Hall–Kier alpha value is -3.12. The van der Waals surface area contributed by atoms with Gasteiger partial charge < -0.3 is 14.6 Å². The number of pyridine rings is 1. The number of benzene rings is 1. The molecule has 0 atom stereocenters. The van der Waals surface area contributed by atoms with Crippen LogP contribution in [0.15, 0.2) is 60.9 Å². The second kappa shape index (κ2) is 7.86. The first kappa shape index (κ1) is 18.3. The van der Waals surface area contributed by atoms with Crippen molar-refractivity contribution in [3.63, 3.8) is 0 Å². The fourth-order valence-electron chi connectivity index (χ4n) is 3.25. The van der Waals surface area contributed by atoms with Crippen LogP contribution in [0.4, 0.5) is 0 Å². The summed E-state index contributed by atoms with van der Waals surface area (Å²) in [7, 11) is 1.66. The number of carbonyl (C=O) groups excluding carboxylic acids is 1. The summed E-state index contributed by atoms with van der Waals surface area (Å²) in [4.78, 5) is 18.2. The third kappa shape index (κ3) is 3.77. The smallest absolute Gasteiger partial charge is 0.268 e. The zero-order valence-corrected chi connectivity index (χ0v) is 16.6. The number of carbonyl (C=O) groups is 1. The van der Waals surface area contributed by atoms with E-state index in [1.165, 1.54) is 4.88 Å². The summed E-state index contributed by atoms with van der Waals surface area (Å²) in [6.45, 7) is 3.16. The van der Waals surface area contributed by atoms with E-state index in [4.69, 9.17) is 4.74 Å². The van der Waals surface area contributed by atoms with Crippen molar-refractivity contribution < 1.29 is 9.53 Å². The van der Waals surface area contributed by atoms with Crippen molar-refractivity contribution >= 4 is 27.5 Å². The minimum atomic E-state index is -0.0826. The lowest BCUT2D eigenvalue weighted by atomic mass is 10.2. The summed E-state index contributed by atoms with van der Waals surface area (Å²) in [5.41, 5.74) is 3.85. The zero-order valence-electron chi connectivity index (χ0n) is 15.8. The van der Waals surface area contributed by atoms with Gasteiger partial charge in [-0.05, 0) is 54.4 Å². The Morgan fingerprint density at radius 1 is 1.14 bits per heavy atom. The van der Waals surface area contributed by atoms with Crippen molar-refractivity contribution in [2.75, 3.05) is 7.11 Å². The second-order valence-corrected chi connectivity index (χ2v) is 7.90. The van der Waals surface area contributed by atoms with Gasteiger partial charge in [0.2, 0.25) is 0 Å². The van der Waals surface area contributed by atoms with Gasteiger partial charge in [0.25, 0.3) is 5.91 Å². The molecule has 0 unspecified atom stereocenters. The highest BCUT2D eigenvalue weighted by Gasteiger charge is 2.17. The number of ether oxygens (including phenoxy) is 1. The summed E-state index contributed by atoms with van der Waals surface area (Å²) in [5, 5.41) is 3.02. The minimum absolute atomic E-state index is 0.0826. The predicted octanol–water partition coefficient (Wildman–Crippen LogP) is 4.39. The number of hydrogen-bond donors (Lipinski definition) is 1. The van der Waals surface area contributed by atoms with Crippen LogP contribution < -0.4 is 10.1 Å². The topological polar surface area (TPSA) is 56.1 Å². The van der Waals surface area contributed by atoms with Crippen molar-refractivity contribution in [2.45, 2.75) is 20.0 Å². The second-order valence-electron chi connectivity index (χ2n) is 6.61. The van der Waals surface area contributed by atoms with Gasteiger partial charge >= 0.3 is 0 Å². The molecule has 0 aliphatic carbocycles. The van der Waals surface area contributed by atoms with Crippen LogP contribution in [0, 0.1) is 6.92 Å². The van der Waals surface area contributed by atoms with Gasteiger partial charge in [0.05, 0.1) is 17.3 Å². The van der Waals surface area contributed by atoms with Gasteiger partial charge in [-0.15, -0.1) is 11.3 Å². The molecule has 3 heterocycles. The maximum Gasteiger partial charge on any atom is 0.268 e. The van der Waals surface area contributed by atoms with Crippen molar-refractivity contribution in [3.8, 4) is 5.75 Å². The van der Waals surface area contributed by atoms with E-state index in [0.717, 1.165) is 27.1 Å². The lowest BCUT2D eigenvalue weighted by molar-refractivity contribution is 0.0942. The first-order valence-corrected chi connectivity index (χ1v) is 9.85. The minimum Gasteiger partial charge on any atom is -0.497 e.